The van der Waals surface area contributed by atoms with Crippen molar-refractivity contribution in [3.8, 4) is 23.6 Å². The second kappa shape index (κ2) is 16.5. The Morgan fingerprint density at radius 1 is 0.765 bits per heavy atom. The van der Waals surface area contributed by atoms with E-state index in [0.29, 0.717) is 22.4 Å². The Balaban J connectivity index is 1.46. The van der Waals surface area contributed by atoms with Crippen LogP contribution in [0.4, 0.5) is 31.5 Å². The lowest BCUT2D eigenvalue weighted by Gasteiger charge is -2.27. The topological polar surface area (TPSA) is 156 Å². The van der Waals surface area contributed by atoms with E-state index in [2.05, 4.69) is 10.6 Å². The van der Waals surface area contributed by atoms with Crippen molar-refractivity contribution in [3.63, 3.8) is 0 Å². The Morgan fingerprint density at radius 2 is 1.33 bits per heavy atom. The lowest BCUT2D eigenvalue weighted by atomic mass is 10.0. The standard InChI is InChI=1S/C39H29F2N5O5/c40-28-12-6-25(7-13-28)20-32(47)22-36(48)46(31-17-10-27(24-43)11-18-31)34-21-30(16-19-35(34)51-33-4-2-1-3-5-33)45-39(50)37(41)38(49)44-29-14-8-26(23-42)9-15-29/h1-19,21,32,37,47H,20,22H2,(H,44,49)(H,45,50). The minimum atomic E-state index is -2.64. The van der Waals surface area contributed by atoms with Crippen molar-refractivity contribution >= 4 is 40.5 Å². The smallest absolute Gasteiger partial charge is 0.268 e. The summed E-state index contributed by atoms with van der Waals surface area (Å²) in [5.74, 6) is -3.05. The summed E-state index contributed by atoms with van der Waals surface area (Å²) >= 11 is 0. The predicted octanol–water partition coefficient (Wildman–Crippen LogP) is 6.94. The quantitative estimate of drug-likeness (QED) is 0.120. The van der Waals surface area contributed by atoms with Gasteiger partial charge in [-0.3, -0.25) is 19.3 Å². The van der Waals surface area contributed by atoms with E-state index in [-0.39, 0.29) is 34.9 Å². The second-order valence-electron chi connectivity index (χ2n) is 11.2. The zero-order valence-electron chi connectivity index (χ0n) is 26.8. The van der Waals surface area contributed by atoms with Gasteiger partial charge >= 0.3 is 0 Å². The molecule has 0 saturated heterocycles. The van der Waals surface area contributed by atoms with E-state index in [4.69, 9.17) is 10.00 Å². The van der Waals surface area contributed by atoms with Gasteiger partial charge in [0, 0.05) is 17.1 Å². The molecule has 51 heavy (non-hydrogen) atoms. The number of ether oxygens (including phenoxy) is 1. The molecule has 0 heterocycles. The Kier molecular flexibility index (Phi) is 11.4. The first-order valence-electron chi connectivity index (χ1n) is 15.5. The average Bonchev–Trinajstić information content (AvgIpc) is 3.14. The van der Waals surface area contributed by atoms with Crippen molar-refractivity contribution in [3.05, 3.63) is 144 Å². The number of nitrogens with one attached hydrogen (secondary N) is 2. The molecule has 12 heteroatoms. The summed E-state index contributed by atoms with van der Waals surface area (Å²) in [7, 11) is 0. The van der Waals surface area contributed by atoms with E-state index in [9.17, 15) is 29.1 Å². The monoisotopic (exact) mass is 685 g/mol. The number of aliphatic hydroxyl groups is 1. The van der Waals surface area contributed by atoms with Crippen LogP contribution in [0.2, 0.25) is 0 Å². The van der Waals surface area contributed by atoms with Gasteiger partial charge in [0.1, 0.15) is 11.6 Å². The SMILES string of the molecule is N#Cc1ccc(NC(=O)C(F)C(=O)Nc2ccc(Oc3ccccc3)c(N(C(=O)CC(O)Cc3ccc(F)cc3)c3ccc(C#N)cc3)c2)cc1. The molecule has 2 atom stereocenters. The van der Waals surface area contributed by atoms with E-state index in [1.807, 2.05) is 12.1 Å². The van der Waals surface area contributed by atoms with Crippen LogP contribution in [-0.4, -0.2) is 35.1 Å². The summed E-state index contributed by atoms with van der Waals surface area (Å²) in [6.07, 6.45) is -4.19. The van der Waals surface area contributed by atoms with Crippen LogP contribution in [0, 0.1) is 28.5 Å². The number of anilines is 4. The van der Waals surface area contributed by atoms with Crippen LogP contribution >= 0.6 is 0 Å². The van der Waals surface area contributed by atoms with Crippen molar-refractivity contribution in [1.29, 1.82) is 10.5 Å². The number of benzene rings is 5. The molecule has 0 saturated carbocycles. The van der Waals surface area contributed by atoms with Gasteiger partial charge in [-0.1, -0.05) is 30.3 Å². The van der Waals surface area contributed by atoms with Crippen molar-refractivity contribution in [2.75, 3.05) is 15.5 Å². The predicted molar refractivity (Wildman–Crippen MR) is 185 cm³/mol. The van der Waals surface area contributed by atoms with Gasteiger partial charge in [0.15, 0.2) is 5.75 Å². The van der Waals surface area contributed by atoms with E-state index < -0.39 is 42.2 Å². The molecule has 0 fully saturated rings. The zero-order valence-corrected chi connectivity index (χ0v) is 26.8. The van der Waals surface area contributed by atoms with Gasteiger partial charge in [0.25, 0.3) is 18.0 Å². The molecule has 0 bridgehead atoms. The molecule has 3 N–H and O–H groups in total. The number of nitrogens with zero attached hydrogens (tertiary/aromatic N) is 3. The molecule has 254 valence electrons. The number of carbonyl (C=O) groups is 3. The molecule has 0 aliphatic heterocycles. The number of para-hydroxylation sites is 1. The van der Waals surface area contributed by atoms with Gasteiger partial charge in [-0.25, -0.2) is 8.78 Å². The summed E-state index contributed by atoms with van der Waals surface area (Å²) in [6, 6.07) is 33.9. The molecule has 0 aliphatic carbocycles. The highest BCUT2D eigenvalue weighted by atomic mass is 19.1. The molecule has 0 spiro atoms. The van der Waals surface area contributed by atoms with Gasteiger partial charge in [-0.2, -0.15) is 10.5 Å². The van der Waals surface area contributed by atoms with E-state index in [1.165, 1.54) is 95.9 Å². The number of aliphatic hydroxyl groups excluding tert-OH is 1. The molecule has 5 rings (SSSR count). The number of rotatable bonds is 12. The molecular weight excluding hydrogens is 656 g/mol. The van der Waals surface area contributed by atoms with Crippen LogP contribution in [-0.2, 0) is 20.8 Å². The molecule has 0 aliphatic rings. The van der Waals surface area contributed by atoms with Crippen LogP contribution in [0.5, 0.6) is 11.5 Å². The number of halogens is 2. The highest BCUT2D eigenvalue weighted by Gasteiger charge is 2.29. The molecule has 5 aromatic carbocycles. The maximum absolute atomic E-state index is 15.1. The normalized spacial score (nSPS) is 11.6. The summed E-state index contributed by atoms with van der Waals surface area (Å²) in [6.45, 7) is 0. The van der Waals surface area contributed by atoms with E-state index in [0.717, 1.165) is 0 Å². The van der Waals surface area contributed by atoms with Crippen molar-refractivity contribution in [1.82, 2.24) is 0 Å². The van der Waals surface area contributed by atoms with Gasteiger partial charge in [-0.05, 0) is 103 Å². The maximum Gasteiger partial charge on any atom is 0.268 e. The molecule has 0 radical (unpaired) electrons. The first kappa shape index (κ1) is 35.4. The third kappa shape index (κ3) is 9.38. The third-order valence-electron chi connectivity index (χ3n) is 7.48. The summed E-state index contributed by atoms with van der Waals surface area (Å²) in [5.41, 5.74) is 1.78. The Bertz CT molecular complexity index is 2100. The molecule has 2 unspecified atom stereocenters. The highest BCUT2D eigenvalue weighted by Crippen LogP contribution is 2.39. The first-order chi connectivity index (χ1) is 24.6. The average molecular weight is 686 g/mol. The lowest BCUT2D eigenvalue weighted by Crippen LogP contribution is -2.35. The number of hydrogen-bond acceptors (Lipinski definition) is 7. The van der Waals surface area contributed by atoms with Gasteiger partial charge in [0.05, 0.1) is 41.5 Å². The zero-order chi connectivity index (χ0) is 36.3. The van der Waals surface area contributed by atoms with Crippen molar-refractivity contribution in [2.24, 2.45) is 0 Å². The molecular formula is C39H29F2N5O5. The second-order valence-corrected chi connectivity index (χ2v) is 11.2. The molecule has 5 aromatic rings. The Hall–Kier alpha value is -6.89. The van der Waals surface area contributed by atoms with Crippen molar-refractivity contribution in [2.45, 2.75) is 25.1 Å². The van der Waals surface area contributed by atoms with E-state index in [1.54, 1.807) is 30.3 Å². The van der Waals surface area contributed by atoms with Crippen molar-refractivity contribution < 1.29 is 33.0 Å². The van der Waals surface area contributed by atoms with E-state index >= 15 is 4.39 Å². The van der Waals surface area contributed by atoms with Gasteiger partial charge in [0.2, 0.25) is 5.91 Å². The van der Waals surface area contributed by atoms with Gasteiger partial charge in [-0.15, -0.1) is 0 Å². The Morgan fingerprint density at radius 3 is 1.94 bits per heavy atom. The minimum Gasteiger partial charge on any atom is -0.455 e. The van der Waals surface area contributed by atoms with Crippen LogP contribution < -0.4 is 20.3 Å². The summed E-state index contributed by atoms with van der Waals surface area (Å²) in [5, 5.41) is 33.9. The fourth-order valence-corrected chi connectivity index (χ4v) is 4.99. The number of carbonyl (C=O) groups excluding carboxylic acids is 3. The van der Waals surface area contributed by atoms with Crippen LogP contribution in [0.25, 0.3) is 0 Å². The van der Waals surface area contributed by atoms with Gasteiger partial charge < -0.3 is 20.5 Å². The van der Waals surface area contributed by atoms with Crippen LogP contribution in [0.1, 0.15) is 23.1 Å². The number of amides is 3. The lowest BCUT2D eigenvalue weighted by molar-refractivity contribution is -0.130. The van der Waals surface area contributed by atoms with Crippen LogP contribution in [0.15, 0.2) is 121 Å². The number of nitriles is 2. The molecule has 0 aromatic heterocycles. The minimum absolute atomic E-state index is 0.00235. The Labute approximate surface area is 291 Å². The third-order valence-corrected chi connectivity index (χ3v) is 7.48. The van der Waals surface area contributed by atoms with Crippen LogP contribution in [0.3, 0.4) is 0 Å². The first-order valence-corrected chi connectivity index (χ1v) is 15.5. The number of hydrogen-bond donors (Lipinski definition) is 3. The molecule has 3 amide bonds. The summed E-state index contributed by atoms with van der Waals surface area (Å²) in [4.78, 5) is 40.8. The largest absolute Gasteiger partial charge is 0.455 e. The fourth-order valence-electron chi connectivity index (χ4n) is 4.99. The fraction of sp³-hybridized carbons (Fsp3) is 0.103. The number of alkyl halides is 1. The summed E-state index contributed by atoms with van der Waals surface area (Å²) < 4.78 is 34.7. The maximum atomic E-state index is 15.1. The highest BCUT2D eigenvalue weighted by molar-refractivity contribution is 6.13. The molecule has 10 nitrogen and oxygen atoms in total.